The molecule has 1 aliphatic rings. The zero-order chi connectivity index (χ0) is 22.6. The summed E-state index contributed by atoms with van der Waals surface area (Å²) in [4.78, 5) is 31.1. The molecular formula is C16H28N7O7P. The van der Waals surface area contributed by atoms with E-state index in [-0.39, 0.29) is 22.9 Å². The highest BCUT2D eigenvalue weighted by molar-refractivity contribution is 7.46. The van der Waals surface area contributed by atoms with Crippen LogP contribution in [0.4, 0.5) is 11.8 Å². The van der Waals surface area contributed by atoms with E-state index >= 15 is 0 Å². The zero-order valence-electron chi connectivity index (χ0n) is 16.7. The monoisotopic (exact) mass is 461 g/mol. The second-order valence-electron chi connectivity index (χ2n) is 7.17. The molecule has 14 nitrogen and oxygen atoms in total. The van der Waals surface area contributed by atoms with Crippen LogP contribution in [-0.4, -0.2) is 77.5 Å². The van der Waals surface area contributed by atoms with Crippen LogP contribution < -0.4 is 16.8 Å². The van der Waals surface area contributed by atoms with Gasteiger partial charge in [0.15, 0.2) is 23.2 Å². The first-order valence-corrected chi connectivity index (χ1v) is 11.4. The third-order valence-electron chi connectivity index (χ3n) is 4.93. The lowest BCUT2D eigenvalue weighted by atomic mass is 10.1. The maximum atomic E-state index is 11.5. The quantitative estimate of drug-likeness (QED) is 0.159. The van der Waals surface area contributed by atoms with Gasteiger partial charge in [-0.05, 0) is 19.4 Å². The van der Waals surface area contributed by atoms with Crippen molar-refractivity contribution in [3.8, 4) is 0 Å². The first-order valence-electron chi connectivity index (χ1n) is 9.87. The van der Waals surface area contributed by atoms with Gasteiger partial charge in [0.05, 0.1) is 6.61 Å². The van der Waals surface area contributed by atoms with Crippen molar-refractivity contribution < 1.29 is 33.8 Å². The molecule has 1 saturated heterocycles. The Morgan fingerprint density at radius 2 is 2.00 bits per heavy atom. The van der Waals surface area contributed by atoms with Crippen molar-refractivity contribution in [1.29, 1.82) is 0 Å². The lowest BCUT2D eigenvalue weighted by Crippen LogP contribution is -2.35. The standard InChI is InChI=1S/C16H28N7O7P/c17-5-3-1-2-4-6-19-16-22-10-13(18)20-8-21-14(10)23(16)15-12(30-31(26,27)28)11(25)9(7-24)29-15/h8-9,11-12,15,24-25H,1-7,17H2,(H,19,22)(H2,18,20,21)(H2,26,27,28)/t9-,11-,12-,15-/m1/s1. The average molecular weight is 461 g/mol. The van der Waals surface area contributed by atoms with E-state index in [2.05, 4.69) is 20.3 Å². The van der Waals surface area contributed by atoms with Gasteiger partial charge >= 0.3 is 7.82 Å². The maximum Gasteiger partial charge on any atom is 0.470 e. The summed E-state index contributed by atoms with van der Waals surface area (Å²) in [6.07, 6.45) is -0.507. The summed E-state index contributed by atoms with van der Waals surface area (Å²) in [7, 11) is -4.99. The van der Waals surface area contributed by atoms with E-state index in [0.717, 1.165) is 25.7 Å². The van der Waals surface area contributed by atoms with Gasteiger partial charge in [0.25, 0.3) is 0 Å². The number of unbranched alkanes of at least 4 members (excludes halogenated alkanes) is 3. The van der Waals surface area contributed by atoms with Gasteiger partial charge in [0.1, 0.15) is 24.6 Å². The minimum Gasteiger partial charge on any atom is -0.394 e. The molecule has 0 unspecified atom stereocenters. The normalized spacial score (nSPS) is 24.2. The van der Waals surface area contributed by atoms with Crippen molar-refractivity contribution >= 4 is 30.8 Å². The van der Waals surface area contributed by atoms with Gasteiger partial charge in [-0.25, -0.2) is 19.5 Å². The highest BCUT2D eigenvalue weighted by Gasteiger charge is 2.49. The molecule has 1 fully saturated rings. The van der Waals surface area contributed by atoms with Gasteiger partial charge < -0.3 is 41.5 Å². The van der Waals surface area contributed by atoms with Gasteiger partial charge in [-0.2, -0.15) is 0 Å². The Balaban J connectivity index is 1.94. The van der Waals surface area contributed by atoms with Crippen molar-refractivity contribution in [2.45, 2.75) is 50.2 Å². The number of nitrogen functional groups attached to an aromatic ring is 1. The minimum atomic E-state index is -4.99. The molecule has 0 saturated carbocycles. The lowest BCUT2D eigenvalue weighted by Gasteiger charge is -2.23. The fourth-order valence-electron chi connectivity index (χ4n) is 3.46. The third kappa shape index (κ3) is 5.48. The molecule has 174 valence electrons. The van der Waals surface area contributed by atoms with Crippen molar-refractivity contribution in [3.63, 3.8) is 0 Å². The van der Waals surface area contributed by atoms with Crippen molar-refractivity contribution in [3.05, 3.63) is 6.33 Å². The van der Waals surface area contributed by atoms with E-state index in [0.29, 0.717) is 13.1 Å². The van der Waals surface area contributed by atoms with Gasteiger partial charge in [0.2, 0.25) is 5.95 Å². The molecule has 2 aromatic rings. The molecule has 3 rings (SSSR count). The minimum absolute atomic E-state index is 0.0967. The molecule has 0 spiro atoms. The van der Waals surface area contributed by atoms with Gasteiger partial charge in [0, 0.05) is 6.54 Å². The predicted octanol–water partition coefficient (Wildman–Crippen LogP) is -0.932. The van der Waals surface area contributed by atoms with Crippen molar-refractivity contribution in [2.24, 2.45) is 5.73 Å². The first kappa shape index (κ1) is 23.8. The summed E-state index contributed by atoms with van der Waals surface area (Å²) in [5, 5.41) is 23.1. The number of nitrogens with one attached hydrogen (secondary N) is 1. The van der Waals surface area contributed by atoms with Gasteiger partial charge in [-0.1, -0.05) is 12.8 Å². The summed E-state index contributed by atoms with van der Waals surface area (Å²) in [6, 6.07) is 0. The predicted molar refractivity (Wildman–Crippen MR) is 110 cm³/mol. The Morgan fingerprint density at radius 3 is 2.68 bits per heavy atom. The fourth-order valence-corrected chi connectivity index (χ4v) is 4.01. The van der Waals surface area contributed by atoms with Crippen LogP contribution in [0.5, 0.6) is 0 Å². The number of aromatic nitrogens is 4. The second-order valence-corrected chi connectivity index (χ2v) is 8.36. The van der Waals surface area contributed by atoms with Crippen LogP contribution in [-0.2, 0) is 13.8 Å². The van der Waals surface area contributed by atoms with Gasteiger partial charge in [-0.3, -0.25) is 9.09 Å². The van der Waals surface area contributed by atoms with Crippen LogP contribution in [0.2, 0.25) is 0 Å². The van der Waals surface area contributed by atoms with E-state index in [1.54, 1.807) is 0 Å². The second kappa shape index (κ2) is 10.1. The van der Waals surface area contributed by atoms with E-state index in [9.17, 15) is 24.6 Å². The molecule has 31 heavy (non-hydrogen) atoms. The lowest BCUT2D eigenvalue weighted by molar-refractivity contribution is -0.0496. The Kier molecular flexibility index (Phi) is 7.78. The van der Waals surface area contributed by atoms with Crippen molar-refractivity contribution in [2.75, 3.05) is 30.7 Å². The molecular weight excluding hydrogens is 433 g/mol. The number of aliphatic hydroxyl groups is 2. The third-order valence-corrected chi connectivity index (χ3v) is 5.44. The number of anilines is 2. The average Bonchev–Trinajstić information content (AvgIpc) is 3.22. The molecule has 0 radical (unpaired) electrons. The maximum absolute atomic E-state index is 11.5. The molecule has 4 atom stereocenters. The Bertz CT molecular complexity index is 923. The Morgan fingerprint density at radius 1 is 1.26 bits per heavy atom. The number of nitrogens with two attached hydrogens (primary N) is 2. The summed E-state index contributed by atoms with van der Waals surface area (Å²) in [5.41, 5.74) is 11.9. The van der Waals surface area contributed by atoms with Crippen LogP contribution >= 0.6 is 7.82 Å². The number of fused-ring (bicyclic) bond motifs is 1. The Hall–Kier alpha value is -1.90. The molecule has 0 aliphatic carbocycles. The SMILES string of the molecule is NCCCCCCNc1nc2c(N)ncnc2n1[C@@H]1O[C@H](CO)[C@@H](O)[C@H]1OP(=O)(O)O. The van der Waals surface area contributed by atoms with E-state index in [4.69, 9.17) is 20.7 Å². The number of phosphoric ester groups is 1. The zero-order valence-corrected chi connectivity index (χ0v) is 17.6. The molecule has 1 aliphatic heterocycles. The van der Waals surface area contributed by atoms with E-state index in [1.165, 1.54) is 10.9 Å². The number of rotatable bonds is 11. The number of nitrogens with zero attached hydrogens (tertiary/aromatic N) is 4. The van der Waals surface area contributed by atoms with Gasteiger partial charge in [-0.15, -0.1) is 0 Å². The largest absolute Gasteiger partial charge is 0.470 e. The number of hydrogen-bond acceptors (Lipinski definition) is 11. The molecule has 9 N–H and O–H groups in total. The smallest absolute Gasteiger partial charge is 0.394 e. The van der Waals surface area contributed by atoms with E-state index in [1.807, 2.05) is 0 Å². The van der Waals surface area contributed by atoms with Crippen LogP contribution in [0.15, 0.2) is 6.33 Å². The number of aliphatic hydroxyl groups excluding tert-OH is 2. The van der Waals surface area contributed by atoms with Crippen LogP contribution in [0.25, 0.3) is 11.2 Å². The van der Waals surface area contributed by atoms with Crippen LogP contribution in [0.1, 0.15) is 31.9 Å². The molecule has 15 heteroatoms. The summed E-state index contributed by atoms with van der Waals surface area (Å²) in [5.74, 6) is 0.343. The summed E-state index contributed by atoms with van der Waals surface area (Å²) >= 11 is 0. The van der Waals surface area contributed by atoms with Crippen LogP contribution in [0, 0.1) is 0 Å². The summed E-state index contributed by atoms with van der Waals surface area (Å²) < 4.78 is 23.4. The number of phosphoric acid groups is 1. The topological polar surface area (TPSA) is 224 Å². The van der Waals surface area contributed by atoms with E-state index < -0.39 is 39.0 Å². The molecule has 0 aromatic carbocycles. The molecule has 0 bridgehead atoms. The fraction of sp³-hybridized carbons (Fsp3) is 0.688. The molecule has 0 amide bonds. The van der Waals surface area contributed by atoms with Crippen LogP contribution in [0.3, 0.4) is 0 Å². The summed E-state index contributed by atoms with van der Waals surface area (Å²) in [6.45, 7) is 0.575. The highest BCUT2D eigenvalue weighted by atomic mass is 31.2. The molecule has 2 aromatic heterocycles. The number of imidazole rings is 1. The molecule has 3 heterocycles. The highest BCUT2D eigenvalue weighted by Crippen LogP contribution is 2.46. The Labute approximate surface area is 177 Å². The number of ether oxygens (including phenoxy) is 1. The number of hydrogen-bond donors (Lipinski definition) is 7. The first-order chi connectivity index (χ1) is 14.8. The van der Waals surface area contributed by atoms with Crippen molar-refractivity contribution in [1.82, 2.24) is 19.5 Å².